The minimum Gasteiger partial charge on any atom is -0.323 e. The van der Waals surface area contributed by atoms with E-state index >= 15 is 0 Å². The Morgan fingerprint density at radius 1 is 0.968 bits per heavy atom. The maximum atomic E-state index is 13.6. The van der Waals surface area contributed by atoms with Crippen LogP contribution in [0.4, 0.5) is 20.2 Å². The van der Waals surface area contributed by atoms with E-state index in [-0.39, 0.29) is 24.3 Å². The highest BCUT2D eigenvalue weighted by atomic mass is 19.1. The van der Waals surface area contributed by atoms with Crippen LogP contribution in [-0.4, -0.2) is 21.6 Å². The minimum absolute atomic E-state index is 0.00517. The first-order valence-electron chi connectivity index (χ1n) is 9.44. The number of anilines is 2. The van der Waals surface area contributed by atoms with Gasteiger partial charge in [0.05, 0.1) is 12.2 Å². The van der Waals surface area contributed by atoms with Crippen LogP contribution in [-0.2, 0) is 11.3 Å². The third kappa shape index (κ3) is 5.59. The average Bonchev–Trinajstić information content (AvgIpc) is 2.72. The van der Waals surface area contributed by atoms with Crippen LogP contribution in [0.1, 0.15) is 28.0 Å². The Hall–Kier alpha value is -3.88. The minimum atomic E-state index is -0.782. The van der Waals surface area contributed by atoms with Gasteiger partial charge in [0.25, 0.3) is 11.5 Å². The summed E-state index contributed by atoms with van der Waals surface area (Å²) in [4.78, 5) is 36.6. The van der Waals surface area contributed by atoms with E-state index in [1.54, 1.807) is 6.07 Å². The molecule has 0 saturated heterocycles. The van der Waals surface area contributed by atoms with E-state index in [0.717, 1.165) is 34.0 Å². The number of nitrogens with one attached hydrogen (secondary N) is 2. The first-order chi connectivity index (χ1) is 14.7. The van der Waals surface area contributed by atoms with E-state index in [4.69, 9.17) is 0 Å². The lowest BCUT2D eigenvalue weighted by Gasteiger charge is -2.10. The summed E-state index contributed by atoms with van der Waals surface area (Å²) in [7, 11) is 0. The molecule has 7 nitrogen and oxygen atoms in total. The zero-order chi connectivity index (χ0) is 22.5. The number of aromatic nitrogens is 2. The summed E-state index contributed by atoms with van der Waals surface area (Å²) < 4.78 is 27.8. The molecule has 0 aliphatic heterocycles. The molecular formula is C22H20F2N4O3. The second-order valence-corrected chi connectivity index (χ2v) is 6.96. The molecule has 2 amide bonds. The van der Waals surface area contributed by atoms with Gasteiger partial charge in [-0.3, -0.25) is 14.4 Å². The molecule has 2 aromatic carbocycles. The van der Waals surface area contributed by atoms with Crippen LogP contribution < -0.4 is 16.2 Å². The number of carbonyl (C=O) groups is 2. The normalized spacial score (nSPS) is 10.6. The van der Waals surface area contributed by atoms with E-state index in [2.05, 4.69) is 15.7 Å². The molecule has 31 heavy (non-hydrogen) atoms. The summed E-state index contributed by atoms with van der Waals surface area (Å²) in [6.07, 6.45) is -0.231. The van der Waals surface area contributed by atoms with E-state index in [1.807, 2.05) is 26.0 Å². The molecule has 160 valence electrons. The van der Waals surface area contributed by atoms with Crippen molar-refractivity contribution in [3.8, 4) is 0 Å². The van der Waals surface area contributed by atoms with Gasteiger partial charge in [-0.25, -0.2) is 13.5 Å². The van der Waals surface area contributed by atoms with Crippen LogP contribution >= 0.6 is 0 Å². The molecular weight excluding hydrogens is 406 g/mol. The topological polar surface area (TPSA) is 93.1 Å². The zero-order valence-electron chi connectivity index (χ0n) is 16.9. The molecule has 1 heterocycles. The molecule has 2 N–H and O–H groups in total. The molecule has 0 radical (unpaired) electrons. The number of hydrogen-bond acceptors (Lipinski definition) is 4. The predicted octanol–water partition coefficient (Wildman–Crippen LogP) is 3.42. The third-order valence-electron chi connectivity index (χ3n) is 4.62. The molecule has 3 aromatic rings. The molecule has 0 spiro atoms. The zero-order valence-corrected chi connectivity index (χ0v) is 16.9. The van der Waals surface area contributed by atoms with Gasteiger partial charge >= 0.3 is 0 Å². The summed E-state index contributed by atoms with van der Waals surface area (Å²) in [5.74, 6) is -2.63. The Morgan fingerprint density at radius 3 is 2.48 bits per heavy atom. The van der Waals surface area contributed by atoms with Gasteiger partial charge in [0.1, 0.15) is 17.3 Å². The fourth-order valence-corrected chi connectivity index (χ4v) is 2.76. The number of benzene rings is 2. The SMILES string of the molecule is Cc1ccc(NC(=O)c2ccc(=O)n(CCC(=O)Nc3cc(F)ccc3F)n2)cc1C. The van der Waals surface area contributed by atoms with Crippen molar-refractivity contribution in [3.05, 3.63) is 87.3 Å². The van der Waals surface area contributed by atoms with Crippen molar-refractivity contribution in [2.24, 2.45) is 0 Å². The van der Waals surface area contributed by atoms with Crippen LogP contribution in [0.2, 0.25) is 0 Å². The highest BCUT2D eigenvalue weighted by molar-refractivity contribution is 6.02. The van der Waals surface area contributed by atoms with Crippen molar-refractivity contribution in [2.45, 2.75) is 26.8 Å². The number of halogens is 2. The molecule has 9 heteroatoms. The van der Waals surface area contributed by atoms with Gasteiger partial charge in [0.2, 0.25) is 5.91 Å². The first kappa shape index (κ1) is 21.8. The fourth-order valence-electron chi connectivity index (χ4n) is 2.76. The number of nitrogens with zero attached hydrogens (tertiary/aromatic N) is 2. The monoisotopic (exact) mass is 426 g/mol. The largest absolute Gasteiger partial charge is 0.323 e. The van der Waals surface area contributed by atoms with Crippen LogP contribution in [0.15, 0.2) is 53.3 Å². The fraction of sp³-hybridized carbons (Fsp3) is 0.182. The lowest BCUT2D eigenvalue weighted by molar-refractivity contribution is -0.116. The average molecular weight is 426 g/mol. The predicted molar refractivity (Wildman–Crippen MR) is 112 cm³/mol. The van der Waals surface area contributed by atoms with E-state index in [0.29, 0.717) is 5.69 Å². The molecule has 1 aromatic heterocycles. The van der Waals surface area contributed by atoms with E-state index in [1.165, 1.54) is 12.1 Å². The molecule has 0 aliphatic carbocycles. The van der Waals surface area contributed by atoms with Crippen molar-refractivity contribution in [1.82, 2.24) is 9.78 Å². The van der Waals surface area contributed by atoms with Crippen LogP contribution in [0.3, 0.4) is 0 Å². The smallest absolute Gasteiger partial charge is 0.276 e. The van der Waals surface area contributed by atoms with Crippen molar-refractivity contribution < 1.29 is 18.4 Å². The number of hydrogen-bond donors (Lipinski definition) is 2. The van der Waals surface area contributed by atoms with Gasteiger partial charge in [-0.1, -0.05) is 6.07 Å². The molecule has 0 atom stereocenters. The molecule has 0 unspecified atom stereocenters. The molecule has 0 aliphatic rings. The van der Waals surface area contributed by atoms with Gasteiger partial charge in [-0.15, -0.1) is 0 Å². The number of carbonyl (C=O) groups excluding carboxylic acids is 2. The quantitative estimate of drug-likeness (QED) is 0.632. The van der Waals surface area contributed by atoms with Crippen molar-refractivity contribution in [1.29, 1.82) is 0 Å². The summed E-state index contributed by atoms with van der Waals surface area (Å²) >= 11 is 0. The van der Waals surface area contributed by atoms with Gasteiger partial charge in [-0.05, 0) is 55.3 Å². The Labute approximate surface area is 176 Å². The van der Waals surface area contributed by atoms with Crippen LogP contribution in [0.5, 0.6) is 0 Å². The Morgan fingerprint density at radius 2 is 1.74 bits per heavy atom. The summed E-state index contributed by atoms with van der Waals surface area (Å²) in [5.41, 5.74) is 1.87. The van der Waals surface area contributed by atoms with Crippen molar-refractivity contribution >= 4 is 23.2 Å². The summed E-state index contributed by atoms with van der Waals surface area (Å²) in [5, 5.41) is 8.95. The second kappa shape index (κ2) is 9.29. The van der Waals surface area contributed by atoms with Gasteiger partial charge < -0.3 is 10.6 Å². The Balaban J connectivity index is 1.67. The maximum Gasteiger partial charge on any atom is 0.276 e. The van der Waals surface area contributed by atoms with E-state index < -0.39 is 29.0 Å². The third-order valence-corrected chi connectivity index (χ3v) is 4.62. The molecule has 3 rings (SSSR count). The number of rotatable bonds is 6. The van der Waals surface area contributed by atoms with Crippen molar-refractivity contribution in [2.75, 3.05) is 10.6 Å². The van der Waals surface area contributed by atoms with E-state index in [9.17, 15) is 23.2 Å². The Kier molecular flexibility index (Phi) is 6.54. The lowest BCUT2D eigenvalue weighted by atomic mass is 10.1. The Bertz CT molecular complexity index is 1210. The highest BCUT2D eigenvalue weighted by Crippen LogP contribution is 2.16. The second-order valence-electron chi connectivity index (χ2n) is 6.96. The van der Waals surface area contributed by atoms with Crippen LogP contribution in [0, 0.1) is 25.5 Å². The molecule has 0 bridgehead atoms. The van der Waals surface area contributed by atoms with Gasteiger partial charge in [-0.2, -0.15) is 5.10 Å². The standard InChI is InChI=1S/C22H20F2N4O3/c1-13-3-5-16(11-14(13)2)25-22(31)18-7-8-21(30)28(27-18)10-9-20(29)26-19-12-15(23)4-6-17(19)24/h3-8,11-12H,9-10H2,1-2H3,(H,25,31)(H,26,29). The first-order valence-corrected chi connectivity index (χ1v) is 9.44. The molecule has 0 fully saturated rings. The number of aryl methyl sites for hydroxylation is 3. The lowest BCUT2D eigenvalue weighted by Crippen LogP contribution is -2.28. The van der Waals surface area contributed by atoms with Crippen molar-refractivity contribution in [3.63, 3.8) is 0 Å². The van der Waals surface area contributed by atoms with Gasteiger partial charge in [0, 0.05) is 24.2 Å². The van der Waals surface area contributed by atoms with Crippen LogP contribution in [0.25, 0.3) is 0 Å². The summed E-state index contributed by atoms with van der Waals surface area (Å²) in [6.45, 7) is 3.73. The molecule has 0 saturated carbocycles. The maximum absolute atomic E-state index is 13.6. The summed E-state index contributed by atoms with van der Waals surface area (Å²) in [6, 6.07) is 10.6. The van der Waals surface area contributed by atoms with Gasteiger partial charge in [0.15, 0.2) is 0 Å². The number of amides is 2. The highest BCUT2D eigenvalue weighted by Gasteiger charge is 2.13.